The van der Waals surface area contributed by atoms with Crippen LogP contribution in [0.3, 0.4) is 0 Å². The molecule has 0 bridgehead atoms. The molecule has 0 fully saturated rings. The summed E-state index contributed by atoms with van der Waals surface area (Å²) in [5, 5.41) is 0. The molecule has 0 aliphatic carbocycles. The van der Waals surface area contributed by atoms with E-state index in [1.54, 1.807) is 12.2 Å². The van der Waals surface area contributed by atoms with Crippen LogP contribution in [0.1, 0.15) is 0 Å². The van der Waals surface area contributed by atoms with E-state index in [0.717, 1.165) is 0 Å². The summed E-state index contributed by atoms with van der Waals surface area (Å²) in [6.45, 7) is 6.40. The Labute approximate surface area is 96.2 Å². The van der Waals surface area contributed by atoms with Gasteiger partial charge in [-0.05, 0) is 12.2 Å². The number of aldehydes is 2. The first-order valence-electron chi connectivity index (χ1n) is 4.99. The standard InChI is InChI=1S/C12H14O3Si/c1-16(2,3)5-4-10-6-11(8-13)15-12(7-10)9-14/h6-10H,1-3H3. The van der Waals surface area contributed by atoms with Gasteiger partial charge in [-0.3, -0.25) is 9.59 Å². The highest BCUT2D eigenvalue weighted by atomic mass is 28.3. The van der Waals surface area contributed by atoms with Crippen molar-refractivity contribution in [1.29, 1.82) is 0 Å². The van der Waals surface area contributed by atoms with Crippen molar-refractivity contribution >= 4 is 20.6 Å². The number of rotatable bonds is 2. The van der Waals surface area contributed by atoms with Crippen LogP contribution >= 0.6 is 0 Å². The van der Waals surface area contributed by atoms with E-state index in [-0.39, 0.29) is 17.4 Å². The molecule has 0 saturated carbocycles. The summed E-state index contributed by atoms with van der Waals surface area (Å²) < 4.78 is 4.98. The Morgan fingerprint density at radius 3 is 2.06 bits per heavy atom. The van der Waals surface area contributed by atoms with Crippen LogP contribution in [-0.2, 0) is 14.3 Å². The van der Waals surface area contributed by atoms with Crippen LogP contribution in [0.5, 0.6) is 0 Å². The fraction of sp³-hybridized carbons (Fsp3) is 0.333. The first kappa shape index (κ1) is 12.5. The number of carbonyl (C=O) groups excluding carboxylic acids is 2. The highest BCUT2D eigenvalue weighted by Gasteiger charge is 2.14. The van der Waals surface area contributed by atoms with Gasteiger partial charge in [0.1, 0.15) is 8.07 Å². The van der Waals surface area contributed by atoms with Gasteiger partial charge in [0.05, 0.1) is 5.92 Å². The lowest BCUT2D eigenvalue weighted by Gasteiger charge is -2.13. The quantitative estimate of drug-likeness (QED) is 0.415. The molecule has 1 heterocycles. The molecule has 0 saturated heterocycles. The average molecular weight is 234 g/mol. The van der Waals surface area contributed by atoms with E-state index in [1.807, 2.05) is 0 Å². The smallest absolute Gasteiger partial charge is 0.185 e. The number of ether oxygens (including phenoxy) is 1. The molecular formula is C12H14O3Si. The van der Waals surface area contributed by atoms with Gasteiger partial charge in [-0.15, -0.1) is 5.54 Å². The molecule has 0 spiro atoms. The minimum Gasteiger partial charge on any atom is -0.451 e. The normalized spacial score (nSPS) is 16.2. The SMILES string of the molecule is C[Si](C)(C)C#CC1C=C(C=O)OC(C=O)=C1. The zero-order valence-electron chi connectivity index (χ0n) is 9.61. The molecule has 1 aliphatic heterocycles. The van der Waals surface area contributed by atoms with Gasteiger partial charge >= 0.3 is 0 Å². The zero-order chi connectivity index (χ0) is 12.2. The molecule has 0 N–H and O–H groups in total. The molecule has 0 unspecified atom stereocenters. The molecule has 4 heteroatoms. The van der Waals surface area contributed by atoms with Gasteiger partial charge in [0.15, 0.2) is 24.1 Å². The second kappa shape index (κ2) is 4.95. The number of hydrogen-bond donors (Lipinski definition) is 0. The van der Waals surface area contributed by atoms with Crippen LogP contribution in [0.4, 0.5) is 0 Å². The molecule has 0 aromatic carbocycles. The van der Waals surface area contributed by atoms with E-state index in [2.05, 4.69) is 31.1 Å². The number of allylic oxidation sites excluding steroid dienone is 4. The minimum atomic E-state index is -1.44. The first-order chi connectivity index (χ1) is 7.44. The van der Waals surface area contributed by atoms with E-state index in [4.69, 9.17) is 4.74 Å². The topological polar surface area (TPSA) is 43.4 Å². The van der Waals surface area contributed by atoms with E-state index in [1.165, 1.54) is 0 Å². The Kier molecular flexibility index (Phi) is 3.86. The molecular weight excluding hydrogens is 220 g/mol. The third-order valence-electron chi connectivity index (χ3n) is 1.77. The maximum Gasteiger partial charge on any atom is 0.185 e. The number of carbonyl (C=O) groups is 2. The Bertz CT molecular complexity index is 392. The van der Waals surface area contributed by atoms with Crippen molar-refractivity contribution in [2.45, 2.75) is 19.6 Å². The predicted octanol–water partition coefficient (Wildman–Crippen LogP) is 1.68. The maximum absolute atomic E-state index is 10.6. The highest BCUT2D eigenvalue weighted by molar-refractivity contribution is 6.83. The summed E-state index contributed by atoms with van der Waals surface area (Å²) in [6, 6.07) is 0. The minimum absolute atomic E-state index is 0.152. The van der Waals surface area contributed by atoms with Gasteiger partial charge in [-0.2, -0.15) is 0 Å². The Morgan fingerprint density at radius 2 is 1.69 bits per heavy atom. The van der Waals surface area contributed by atoms with E-state index in [0.29, 0.717) is 12.6 Å². The van der Waals surface area contributed by atoms with Crippen LogP contribution in [0.15, 0.2) is 23.7 Å². The van der Waals surface area contributed by atoms with E-state index >= 15 is 0 Å². The van der Waals surface area contributed by atoms with Crippen molar-refractivity contribution in [3.63, 3.8) is 0 Å². The molecule has 0 atom stereocenters. The van der Waals surface area contributed by atoms with Crippen LogP contribution in [0, 0.1) is 17.4 Å². The lowest BCUT2D eigenvalue weighted by molar-refractivity contribution is -0.109. The molecule has 16 heavy (non-hydrogen) atoms. The van der Waals surface area contributed by atoms with E-state index in [9.17, 15) is 9.59 Å². The first-order valence-corrected chi connectivity index (χ1v) is 8.49. The molecule has 0 amide bonds. The fourth-order valence-corrected chi connectivity index (χ4v) is 1.72. The van der Waals surface area contributed by atoms with Gasteiger partial charge in [-0.1, -0.05) is 25.6 Å². The summed E-state index contributed by atoms with van der Waals surface area (Å²) in [4.78, 5) is 21.2. The summed E-state index contributed by atoms with van der Waals surface area (Å²) in [6.07, 6.45) is 4.40. The monoisotopic (exact) mass is 234 g/mol. The Balaban J connectivity index is 2.93. The van der Waals surface area contributed by atoms with Gasteiger partial charge in [0, 0.05) is 0 Å². The second-order valence-corrected chi connectivity index (χ2v) is 9.27. The van der Waals surface area contributed by atoms with Crippen molar-refractivity contribution in [2.24, 2.45) is 5.92 Å². The van der Waals surface area contributed by atoms with Crippen LogP contribution in [0.25, 0.3) is 0 Å². The predicted molar refractivity (Wildman–Crippen MR) is 64.0 cm³/mol. The Hall–Kier alpha value is -1.60. The largest absolute Gasteiger partial charge is 0.451 e. The maximum atomic E-state index is 10.6. The fourth-order valence-electron chi connectivity index (χ4n) is 1.12. The molecule has 0 aromatic rings. The lowest BCUT2D eigenvalue weighted by atomic mass is 10.1. The van der Waals surface area contributed by atoms with Crippen molar-refractivity contribution in [2.75, 3.05) is 0 Å². The van der Waals surface area contributed by atoms with Gasteiger partial charge < -0.3 is 4.74 Å². The van der Waals surface area contributed by atoms with Crippen molar-refractivity contribution in [3.8, 4) is 11.5 Å². The van der Waals surface area contributed by atoms with Crippen molar-refractivity contribution in [3.05, 3.63) is 23.7 Å². The summed E-state index contributed by atoms with van der Waals surface area (Å²) in [5.41, 5.74) is 3.19. The molecule has 1 rings (SSSR count). The van der Waals surface area contributed by atoms with Crippen molar-refractivity contribution in [1.82, 2.24) is 0 Å². The summed E-state index contributed by atoms with van der Waals surface area (Å²) in [5.74, 6) is 3.15. The van der Waals surface area contributed by atoms with Gasteiger partial charge in [-0.25, -0.2) is 0 Å². The summed E-state index contributed by atoms with van der Waals surface area (Å²) >= 11 is 0. The van der Waals surface area contributed by atoms with E-state index < -0.39 is 8.07 Å². The zero-order valence-corrected chi connectivity index (χ0v) is 10.6. The molecule has 84 valence electrons. The van der Waals surface area contributed by atoms with Gasteiger partial charge in [0.2, 0.25) is 0 Å². The number of hydrogen-bond acceptors (Lipinski definition) is 3. The molecule has 0 aromatic heterocycles. The average Bonchev–Trinajstić information content (AvgIpc) is 2.25. The highest BCUT2D eigenvalue weighted by Crippen LogP contribution is 2.16. The molecule has 3 nitrogen and oxygen atoms in total. The van der Waals surface area contributed by atoms with Crippen molar-refractivity contribution < 1.29 is 14.3 Å². The van der Waals surface area contributed by atoms with Gasteiger partial charge in [0.25, 0.3) is 0 Å². The lowest BCUT2D eigenvalue weighted by Crippen LogP contribution is -2.17. The van der Waals surface area contributed by atoms with Crippen LogP contribution in [-0.4, -0.2) is 20.6 Å². The summed E-state index contributed by atoms with van der Waals surface area (Å²) in [7, 11) is -1.44. The Morgan fingerprint density at radius 1 is 1.19 bits per heavy atom. The second-order valence-electron chi connectivity index (χ2n) is 4.52. The molecule has 1 aliphatic rings. The third kappa shape index (κ3) is 3.87. The molecule has 0 radical (unpaired) electrons. The van der Waals surface area contributed by atoms with Crippen LogP contribution < -0.4 is 0 Å². The van der Waals surface area contributed by atoms with Crippen LogP contribution in [0.2, 0.25) is 19.6 Å². The third-order valence-corrected chi connectivity index (χ3v) is 2.66.